The zero-order valence-electron chi connectivity index (χ0n) is 52.5. The number of alkyl carbamates (subject to hydrolysis) is 1. The number of hydrogen-bond donors (Lipinski definition) is 1. The van der Waals surface area contributed by atoms with Gasteiger partial charge in [-0.1, -0.05) is 273 Å². The minimum Gasteiger partial charge on any atom is -0.466 e. The zero-order valence-corrected chi connectivity index (χ0v) is 52.5. The monoisotopic (exact) mass is 1090 g/mol. The fourth-order valence-electron chi connectivity index (χ4n) is 11.1. The Morgan fingerprint density at radius 3 is 0.870 bits per heavy atom. The Balaban J connectivity index is 6.30. The second kappa shape index (κ2) is 55.5. The van der Waals surface area contributed by atoms with Gasteiger partial charge in [0.05, 0.1) is 26.4 Å². The van der Waals surface area contributed by atoms with Crippen LogP contribution < -0.4 is 5.32 Å². The molecule has 0 spiro atoms. The minimum absolute atomic E-state index is 0.0416. The second-order valence-corrected chi connectivity index (χ2v) is 24.0. The Bertz CT molecular complexity index is 1200. The molecule has 1 N–H and O–H groups in total. The molecule has 0 saturated heterocycles. The van der Waals surface area contributed by atoms with Crippen molar-refractivity contribution < 1.29 is 38.1 Å². The maximum Gasteiger partial charge on any atom is 0.407 e. The van der Waals surface area contributed by atoms with Gasteiger partial charge in [0.15, 0.2) is 0 Å². The first-order chi connectivity index (χ1) is 37.5. The quantitative estimate of drug-likeness (QED) is 0.0361. The van der Waals surface area contributed by atoms with Gasteiger partial charge >= 0.3 is 24.0 Å². The average molecular weight is 1090 g/mol. The van der Waals surface area contributed by atoms with Gasteiger partial charge in [0, 0.05) is 31.3 Å². The number of carbonyl (C=O) groups is 4. The van der Waals surface area contributed by atoms with Crippen molar-refractivity contribution >= 4 is 24.0 Å². The van der Waals surface area contributed by atoms with Crippen LogP contribution in [0.5, 0.6) is 0 Å². The fraction of sp³-hybridized carbons (Fsp3) is 0.940. The maximum atomic E-state index is 13.7. The van der Waals surface area contributed by atoms with Gasteiger partial charge < -0.3 is 29.2 Å². The number of esters is 3. The van der Waals surface area contributed by atoms with Crippen molar-refractivity contribution in [3.63, 3.8) is 0 Å². The summed E-state index contributed by atoms with van der Waals surface area (Å²) < 4.78 is 23.7. The van der Waals surface area contributed by atoms with Crippen molar-refractivity contribution in [2.45, 2.75) is 342 Å². The maximum absolute atomic E-state index is 13.7. The first-order valence-electron chi connectivity index (χ1n) is 33.5. The van der Waals surface area contributed by atoms with Crippen molar-refractivity contribution in [1.29, 1.82) is 0 Å². The third-order valence-corrected chi connectivity index (χ3v) is 16.4. The van der Waals surface area contributed by atoms with E-state index in [1.165, 1.54) is 231 Å². The highest BCUT2D eigenvalue weighted by Gasteiger charge is 2.35. The molecule has 0 heterocycles. The molecule has 0 aliphatic rings. The molecule has 0 radical (unpaired) electrons. The summed E-state index contributed by atoms with van der Waals surface area (Å²) in [5.74, 6) is 0.626. The molecule has 3 atom stereocenters. The number of nitrogens with one attached hydrogen (secondary N) is 1. The molecule has 77 heavy (non-hydrogen) atoms. The molecule has 0 aromatic heterocycles. The van der Waals surface area contributed by atoms with Gasteiger partial charge in [-0.05, 0) is 76.8 Å². The van der Waals surface area contributed by atoms with E-state index in [0.717, 1.165) is 25.8 Å². The van der Waals surface area contributed by atoms with E-state index in [-0.39, 0.29) is 63.0 Å². The van der Waals surface area contributed by atoms with Crippen molar-refractivity contribution in [3.8, 4) is 0 Å². The van der Waals surface area contributed by atoms with Crippen molar-refractivity contribution in [2.75, 3.05) is 47.1 Å². The van der Waals surface area contributed by atoms with E-state index in [4.69, 9.17) is 18.9 Å². The highest BCUT2D eigenvalue weighted by atomic mass is 16.6. The van der Waals surface area contributed by atoms with Crippen molar-refractivity contribution in [2.24, 2.45) is 17.8 Å². The summed E-state index contributed by atoms with van der Waals surface area (Å²) in [4.78, 5) is 57.0. The predicted molar refractivity (Wildman–Crippen MR) is 326 cm³/mol. The van der Waals surface area contributed by atoms with Gasteiger partial charge in [-0.15, -0.1) is 0 Å². The highest BCUT2D eigenvalue weighted by molar-refractivity contribution is 5.73. The molecule has 1 amide bonds. The number of unbranched alkanes of at least 4 members (excludes halogenated alkanes) is 24. The number of hydrogen-bond acceptors (Lipinski definition) is 9. The largest absolute Gasteiger partial charge is 0.466 e. The van der Waals surface area contributed by atoms with Crippen LogP contribution in [0.4, 0.5) is 4.79 Å². The minimum atomic E-state index is -1.10. The van der Waals surface area contributed by atoms with Crippen molar-refractivity contribution in [3.05, 3.63) is 0 Å². The first-order valence-corrected chi connectivity index (χ1v) is 33.5. The van der Waals surface area contributed by atoms with Gasteiger partial charge in [0.25, 0.3) is 0 Å². The number of carbonyl (C=O) groups excluding carboxylic acids is 4. The van der Waals surface area contributed by atoms with E-state index < -0.39 is 11.6 Å². The number of nitrogens with zero attached hydrogens (tertiary/aromatic N) is 1. The molecule has 10 heteroatoms. The van der Waals surface area contributed by atoms with Crippen LogP contribution >= 0.6 is 0 Å². The Kier molecular flexibility index (Phi) is 53.8. The molecule has 3 unspecified atom stereocenters. The van der Waals surface area contributed by atoms with E-state index in [9.17, 15) is 19.2 Å². The Morgan fingerprint density at radius 2 is 0.597 bits per heavy atom. The Morgan fingerprint density at radius 1 is 0.338 bits per heavy atom. The van der Waals surface area contributed by atoms with Gasteiger partial charge in [-0.2, -0.15) is 0 Å². The summed E-state index contributed by atoms with van der Waals surface area (Å²) in [6, 6.07) is 0. The lowest BCUT2D eigenvalue weighted by Crippen LogP contribution is -2.50. The summed E-state index contributed by atoms with van der Waals surface area (Å²) >= 11 is 0. The molecule has 10 nitrogen and oxygen atoms in total. The van der Waals surface area contributed by atoms with E-state index >= 15 is 0 Å². The molecular formula is C67H130N2O8. The van der Waals surface area contributed by atoms with E-state index in [2.05, 4.69) is 46.9 Å². The van der Waals surface area contributed by atoms with Gasteiger partial charge in [0.2, 0.25) is 0 Å². The standard InChI is InChI=1S/C67H130N2O8/c1-9-15-21-27-30-36-43-60(40-33-24-18-12-4)49-57-74-63(70)46-52-67(68-66(73)77-56-39-55-69(7)8,53-47-64(71)75-58-50-61(41-34-25-19-13-5)44-37-31-28-22-16-10-2)54-48-65(72)76-59-51-62(42-35-26-20-14-6)45-38-32-29-23-17-11-3/h60-62H,9-59H2,1-8H3,(H,68,73). The normalized spacial score (nSPS) is 13.5. The molecule has 0 aromatic rings. The van der Waals surface area contributed by atoms with Gasteiger partial charge in [-0.3, -0.25) is 14.4 Å². The van der Waals surface area contributed by atoms with Crippen LogP contribution in [0.2, 0.25) is 0 Å². The van der Waals surface area contributed by atoms with Gasteiger partial charge in [0.1, 0.15) is 0 Å². The fourth-order valence-corrected chi connectivity index (χ4v) is 11.1. The zero-order chi connectivity index (χ0) is 56.7. The number of rotatable bonds is 59. The summed E-state index contributed by atoms with van der Waals surface area (Å²) in [5.41, 5.74) is -1.10. The Labute approximate surface area is 477 Å². The summed E-state index contributed by atoms with van der Waals surface area (Å²) in [6.07, 6.45) is 48.0. The van der Waals surface area contributed by atoms with Crippen LogP contribution in [-0.4, -0.2) is 81.5 Å². The van der Waals surface area contributed by atoms with Crippen LogP contribution in [0, 0.1) is 17.8 Å². The summed E-state index contributed by atoms with van der Waals surface area (Å²) in [6.45, 7) is 15.6. The summed E-state index contributed by atoms with van der Waals surface area (Å²) in [7, 11) is 3.97. The lowest BCUT2D eigenvalue weighted by atomic mass is 9.83. The van der Waals surface area contributed by atoms with E-state index in [1.807, 2.05) is 19.0 Å². The average Bonchev–Trinajstić information content (AvgIpc) is 3.41. The van der Waals surface area contributed by atoms with Crippen LogP contribution in [-0.2, 0) is 33.3 Å². The van der Waals surface area contributed by atoms with Crippen molar-refractivity contribution in [1.82, 2.24) is 10.2 Å². The topological polar surface area (TPSA) is 120 Å². The SMILES string of the molecule is CCCCCCCCC(CCCCCC)CCOC(=O)CCC(CCC(=O)OCCC(CCCCCC)CCCCCCCC)(CCC(=O)OCCC(CCCCCC)CCCCCCCC)NC(=O)OCCCN(C)C. The molecule has 0 saturated carbocycles. The van der Waals surface area contributed by atoms with Crippen LogP contribution in [0.15, 0.2) is 0 Å². The molecule has 0 aromatic carbocycles. The molecule has 0 rings (SSSR count). The molecule has 0 aliphatic carbocycles. The van der Waals surface area contributed by atoms with E-state index in [1.54, 1.807) is 0 Å². The Hall–Kier alpha value is -2.36. The molecule has 0 aliphatic heterocycles. The number of amides is 1. The van der Waals surface area contributed by atoms with Crippen LogP contribution in [0.1, 0.15) is 337 Å². The van der Waals surface area contributed by atoms with Crippen LogP contribution in [0.3, 0.4) is 0 Å². The summed E-state index contributed by atoms with van der Waals surface area (Å²) in [5, 5.41) is 3.13. The number of ether oxygens (including phenoxy) is 4. The molecule has 0 bridgehead atoms. The van der Waals surface area contributed by atoms with E-state index in [0.29, 0.717) is 44.0 Å². The first kappa shape index (κ1) is 74.6. The third kappa shape index (κ3) is 49.2. The lowest BCUT2D eigenvalue weighted by molar-refractivity contribution is -0.144. The molecular weight excluding hydrogens is 961 g/mol. The molecule has 456 valence electrons. The van der Waals surface area contributed by atoms with Gasteiger partial charge in [-0.25, -0.2) is 4.79 Å². The molecule has 0 fully saturated rings. The highest BCUT2D eigenvalue weighted by Crippen LogP contribution is 2.30. The lowest BCUT2D eigenvalue weighted by Gasteiger charge is -2.34. The van der Waals surface area contributed by atoms with Crippen LogP contribution in [0.25, 0.3) is 0 Å². The predicted octanol–water partition coefficient (Wildman–Crippen LogP) is 19.6. The third-order valence-electron chi connectivity index (χ3n) is 16.4. The second-order valence-electron chi connectivity index (χ2n) is 24.0. The smallest absolute Gasteiger partial charge is 0.407 e.